The number of hydrogen-bond acceptors (Lipinski definition) is 4. The van der Waals surface area contributed by atoms with Crippen molar-refractivity contribution in [1.82, 2.24) is 5.32 Å². The van der Waals surface area contributed by atoms with Crippen molar-refractivity contribution in [1.29, 1.82) is 0 Å². The minimum Gasteiger partial charge on any atom is -0.494 e. The van der Waals surface area contributed by atoms with Crippen LogP contribution in [0.4, 0.5) is 10.5 Å². The second-order valence-corrected chi connectivity index (χ2v) is 5.89. The lowest BCUT2D eigenvalue weighted by Gasteiger charge is -2.21. The molecule has 5 nitrogen and oxygen atoms in total. The van der Waals surface area contributed by atoms with Gasteiger partial charge in [-0.05, 0) is 46.8 Å². The normalized spacial score (nSPS) is 12.4. The summed E-state index contributed by atoms with van der Waals surface area (Å²) in [5, 5.41) is 6.05. The molecule has 1 unspecified atom stereocenters. The fourth-order valence-electron chi connectivity index (χ4n) is 1.73. The van der Waals surface area contributed by atoms with Crippen molar-refractivity contribution in [3.05, 3.63) is 24.3 Å². The lowest BCUT2D eigenvalue weighted by molar-refractivity contribution is 0.0526. The molecule has 0 aliphatic carbocycles. The molecule has 0 fully saturated rings. The van der Waals surface area contributed by atoms with Crippen LogP contribution in [0.25, 0.3) is 0 Å². The fraction of sp³-hybridized carbons (Fsp3) is 0.562. The van der Waals surface area contributed by atoms with Gasteiger partial charge >= 0.3 is 6.09 Å². The summed E-state index contributed by atoms with van der Waals surface area (Å²) in [5.74, 6) is 0.829. The van der Waals surface area contributed by atoms with Gasteiger partial charge in [0.25, 0.3) is 0 Å². The number of carbonyl (C=O) groups is 1. The lowest BCUT2D eigenvalue weighted by Crippen LogP contribution is -2.38. The quantitative estimate of drug-likeness (QED) is 0.844. The van der Waals surface area contributed by atoms with Crippen LogP contribution in [0.1, 0.15) is 34.6 Å². The minimum atomic E-state index is -0.480. The van der Waals surface area contributed by atoms with Gasteiger partial charge in [0.2, 0.25) is 0 Å². The summed E-state index contributed by atoms with van der Waals surface area (Å²) in [6, 6.07) is 7.83. The maximum absolute atomic E-state index is 11.6. The van der Waals surface area contributed by atoms with Gasteiger partial charge in [0.15, 0.2) is 0 Å². The number of amides is 1. The first-order valence-corrected chi connectivity index (χ1v) is 7.26. The number of alkyl carbamates (subject to hydrolysis) is 1. The Morgan fingerprint density at radius 3 is 2.67 bits per heavy atom. The maximum atomic E-state index is 11.6. The molecule has 0 spiro atoms. The Kier molecular flexibility index (Phi) is 6.34. The molecule has 1 aromatic rings. The number of rotatable bonds is 6. The Balaban J connectivity index is 2.41. The third-order valence-electron chi connectivity index (χ3n) is 2.51. The average Bonchev–Trinajstić information content (AvgIpc) is 2.35. The molecule has 21 heavy (non-hydrogen) atoms. The second-order valence-electron chi connectivity index (χ2n) is 5.89. The highest BCUT2D eigenvalue weighted by Gasteiger charge is 2.16. The SMILES string of the molecule is CCOc1cccc(NC(C)CNC(=O)OC(C)(C)C)c1. The summed E-state index contributed by atoms with van der Waals surface area (Å²) >= 11 is 0. The van der Waals surface area contributed by atoms with Crippen LogP contribution in [-0.2, 0) is 4.74 Å². The van der Waals surface area contributed by atoms with Crippen molar-refractivity contribution in [3.8, 4) is 5.75 Å². The molecule has 0 radical (unpaired) electrons. The van der Waals surface area contributed by atoms with E-state index < -0.39 is 11.7 Å². The van der Waals surface area contributed by atoms with Crippen LogP contribution in [0.3, 0.4) is 0 Å². The molecule has 1 aromatic carbocycles. The number of carbonyl (C=O) groups excluding carboxylic acids is 1. The van der Waals surface area contributed by atoms with E-state index in [0.717, 1.165) is 11.4 Å². The molecule has 0 bridgehead atoms. The standard InChI is InChI=1S/C16H26N2O3/c1-6-20-14-9-7-8-13(10-14)18-12(2)11-17-15(19)21-16(3,4)5/h7-10,12,18H,6,11H2,1-5H3,(H,17,19). The van der Waals surface area contributed by atoms with Crippen LogP contribution in [0.15, 0.2) is 24.3 Å². The summed E-state index contributed by atoms with van der Waals surface area (Å²) in [6.07, 6.45) is -0.404. The van der Waals surface area contributed by atoms with Gasteiger partial charge in [0.1, 0.15) is 11.4 Å². The highest BCUT2D eigenvalue weighted by molar-refractivity contribution is 5.67. The Labute approximate surface area is 127 Å². The third-order valence-corrected chi connectivity index (χ3v) is 2.51. The Morgan fingerprint density at radius 2 is 2.05 bits per heavy atom. The Bertz CT molecular complexity index is 455. The molecule has 1 amide bonds. The number of nitrogens with one attached hydrogen (secondary N) is 2. The van der Waals surface area contributed by atoms with Crippen molar-refractivity contribution in [2.45, 2.75) is 46.3 Å². The van der Waals surface area contributed by atoms with Gasteiger partial charge in [-0.3, -0.25) is 0 Å². The molecule has 1 rings (SSSR count). The van der Waals surface area contributed by atoms with Crippen LogP contribution >= 0.6 is 0 Å². The summed E-state index contributed by atoms with van der Waals surface area (Å²) < 4.78 is 10.6. The molecule has 118 valence electrons. The molecular weight excluding hydrogens is 268 g/mol. The molecule has 0 saturated carbocycles. The van der Waals surface area contributed by atoms with E-state index in [2.05, 4.69) is 10.6 Å². The van der Waals surface area contributed by atoms with Gasteiger partial charge in [-0.2, -0.15) is 0 Å². The summed E-state index contributed by atoms with van der Waals surface area (Å²) in [5.41, 5.74) is 0.478. The van der Waals surface area contributed by atoms with Crippen LogP contribution < -0.4 is 15.4 Å². The van der Waals surface area contributed by atoms with Crippen LogP contribution in [0, 0.1) is 0 Å². The van der Waals surface area contributed by atoms with E-state index in [4.69, 9.17) is 9.47 Å². The zero-order valence-corrected chi connectivity index (χ0v) is 13.5. The van der Waals surface area contributed by atoms with Crippen LogP contribution in [0.2, 0.25) is 0 Å². The number of benzene rings is 1. The smallest absolute Gasteiger partial charge is 0.407 e. The molecule has 0 aliphatic rings. The van der Waals surface area contributed by atoms with Gasteiger partial charge in [-0.15, -0.1) is 0 Å². The van der Waals surface area contributed by atoms with E-state index in [-0.39, 0.29) is 6.04 Å². The minimum absolute atomic E-state index is 0.0781. The first-order valence-electron chi connectivity index (χ1n) is 7.26. The second kappa shape index (κ2) is 7.76. The van der Waals surface area contributed by atoms with Gasteiger partial charge in [-0.25, -0.2) is 4.79 Å². The monoisotopic (exact) mass is 294 g/mol. The Morgan fingerprint density at radius 1 is 1.33 bits per heavy atom. The summed E-state index contributed by atoms with van der Waals surface area (Å²) in [4.78, 5) is 11.6. The number of hydrogen-bond donors (Lipinski definition) is 2. The number of ether oxygens (including phenoxy) is 2. The molecule has 1 atom stereocenters. The fourth-order valence-corrected chi connectivity index (χ4v) is 1.73. The molecule has 2 N–H and O–H groups in total. The van der Waals surface area contributed by atoms with Crippen molar-refractivity contribution < 1.29 is 14.3 Å². The summed E-state index contributed by atoms with van der Waals surface area (Å²) in [7, 11) is 0. The van der Waals surface area contributed by atoms with E-state index in [1.807, 2.05) is 58.9 Å². The lowest BCUT2D eigenvalue weighted by atomic mass is 10.2. The van der Waals surface area contributed by atoms with E-state index in [1.165, 1.54) is 0 Å². The number of anilines is 1. The summed E-state index contributed by atoms with van der Waals surface area (Å²) in [6.45, 7) is 10.6. The topological polar surface area (TPSA) is 59.6 Å². The molecule has 0 aromatic heterocycles. The van der Waals surface area contributed by atoms with E-state index in [0.29, 0.717) is 13.2 Å². The largest absolute Gasteiger partial charge is 0.494 e. The molecular formula is C16H26N2O3. The predicted molar refractivity (Wildman–Crippen MR) is 84.9 cm³/mol. The first kappa shape index (κ1) is 17.1. The van der Waals surface area contributed by atoms with Crippen molar-refractivity contribution in [2.75, 3.05) is 18.5 Å². The van der Waals surface area contributed by atoms with Crippen LogP contribution in [0.5, 0.6) is 5.75 Å². The zero-order chi connectivity index (χ0) is 15.9. The van der Waals surface area contributed by atoms with Crippen LogP contribution in [-0.4, -0.2) is 30.9 Å². The molecule has 0 saturated heterocycles. The van der Waals surface area contributed by atoms with Gasteiger partial charge in [-0.1, -0.05) is 6.07 Å². The van der Waals surface area contributed by atoms with E-state index in [9.17, 15) is 4.79 Å². The van der Waals surface area contributed by atoms with Crippen molar-refractivity contribution in [3.63, 3.8) is 0 Å². The first-order chi connectivity index (χ1) is 9.80. The molecule has 0 aliphatic heterocycles. The highest BCUT2D eigenvalue weighted by atomic mass is 16.6. The van der Waals surface area contributed by atoms with Crippen molar-refractivity contribution in [2.24, 2.45) is 0 Å². The van der Waals surface area contributed by atoms with E-state index >= 15 is 0 Å². The predicted octanol–water partition coefficient (Wildman–Crippen LogP) is 3.41. The van der Waals surface area contributed by atoms with Gasteiger partial charge in [0.05, 0.1) is 6.61 Å². The third kappa shape index (κ3) is 7.44. The molecule has 0 heterocycles. The zero-order valence-electron chi connectivity index (χ0n) is 13.5. The maximum Gasteiger partial charge on any atom is 0.407 e. The van der Waals surface area contributed by atoms with Gasteiger partial charge in [0, 0.05) is 24.3 Å². The molecule has 5 heteroatoms. The Hall–Kier alpha value is -1.91. The average molecular weight is 294 g/mol. The van der Waals surface area contributed by atoms with Gasteiger partial charge < -0.3 is 20.1 Å². The van der Waals surface area contributed by atoms with Crippen molar-refractivity contribution >= 4 is 11.8 Å². The van der Waals surface area contributed by atoms with E-state index in [1.54, 1.807) is 0 Å². The highest BCUT2D eigenvalue weighted by Crippen LogP contribution is 2.17.